The van der Waals surface area contributed by atoms with Gasteiger partial charge in [0.1, 0.15) is 35.7 Å². The number of fused-ring (bicyclic) bond motifs is 2. The maximum Gasteiger partial charge on any atom is 0.325 e. The first kappa shape index (κ1) is 65.4. The summed E-state index contributed by atoms with van der Waals surface area (Å²) in [5.41, 5.74) is 2.49. The number of carbonyl (C=O) groups excluding carboxylic acids is 6. The summed E-state index contributed by atoms with van der Waals surface area (Å²) in [6, 6.07) is -2.22. The van der Waals surface area contributed by atoms with Crippen molar-refractivity contribution in [3.8, 4) is 5.75 Å². The number of amides is 4. The number of Topliss-reactive ketones (excluding diaryl/α,β-unsaturated/α-hetero) is 1. The van der Waals surface area contributed by atoms with E-state index in [1.807, 2.05) is 46.8 Å². The highest BCUT2D eigenvalue weighted by Gasteiger charge is 2.57. The lowest BCUT2D eigenvalue weighted by Crippen LogP contribution is -2.71. The largest absolute Gasteiger partial charge is 0.505 e. The SMILES string of the molecule is CCC1CC(C)C2(NC1=O)OC(CC(O)C(C)CCC=CC=C(C)C1CC=CC=CC(O)C(C)C(O)C(CCC(C)=O)C(=O)NC(C(C)C)C(=O)NC(Cc3cc(O)c(F)c(F)c3)C(=O)N3CCCC(N3)C(=O)O1)C(C)C(O)C2C. The highest BCUT2D eigenvalue weighted by molar-refractivity contribution is 5.93. The summed E-state index contributed by atoms with van der Waals surface area (Å²) in [7, 11) is 0. The van der Waals surface area contributed by atoms with Crippen molar-refractivity contribution in [3.63, 3.8) is 0 Å². The fourth-order valence-corrected chi connectivity index (χ4v) is 11.4. The van der Waals surface area contributed by atoms with E-state index in [-0.39, 0.29) is 85.5 Å². The Morgan fingerprint density at radius 2 is 1.66 bits per heavy atom. The van der Waals surface area contributed by atoms with Gasteiger partial charge in [0.2, 0.25) is 17.7 Å². The summed E-state index contributed by atoms with van der Waals surface area (Å²) in [6.45, 7) is 17.8. The van der Waals surface area contributed by atoms with Gasteiger partial charge in [-0.1, -0.05) is 97.9 Å². The van der Waals surface area contributed by atoms with Crippen LogP contribution < -0.4 is 21.4 Å². The van der Waals surface area contributed by atoms with Crippen molar-refractivity contribution in [1.29, 1.82) is 0 Å². The molecule has 80 heavy (non-hydrogen) atoms. The Balaban J connectivity index is 1.37. The van der Waals surface area contributed by atoms with E-state index < -0.39 is 126 Å². The van der Waals surface area contributed by atoms with E-state index in [0.29, 0.717) is 37.7 Å². The van der Waals surface area contributed by atoms with Gasteiger partial charge in [-0.3, -0.25) is 29.0 Å². The third-order valence-corrected chi connectivity index (χ3v) is 17.0. The number of piperidine rings is 1. The summed E-state index contributed by atoms with van der Waals surface area (Å²) in [4.78, 5) is 82.1. The van der Waals surface area contributed by atoms with Crippen molar-refractivity contribution in [1.82, 2.24) is 26.4 Å². The number of ketones is 1. The molecule has 4 heterocycles. The molecule has 0 aromatic heterocycles. The Morgan fingerprint density at radius 1 is 0.950 bits per heavy atom. The molecule has 3 fully saturated rings. The number of halogens is 2. The number of nitrogens with one attached hydrogen (secondary N) is 4. The van der Waals surface area contributed by atoms with Gasteiger partial charge < -0.3 is 55.8 Å². The van der Waals surface area contributed by atoms with E-state index in [0.717, 1.165) is 17.1 Å². The number of rotatable bonds is 15. The van der Waals surface area contributed by atoms with Crippen molar-refractivity contribution >= 4 is 35.4 Å². The number of benzene rings is 1. The Hall–Kier alpha value is -5.38. The van der Waals surface area contributed by atoms with Crippen molar-refractivity contribution in [2.45, 2.75) is 200 Å². The molecule has 5 rings (SSSR count). The molecule has 18 nitrogen and oxygen atoms in total. The Bertz CT molecular complexity index is 2430. The van der Waals surface area contributed by atoms with E-state index in [4.69, 9.17) is 9.47 Å². The Morgan fingerprint density at radius 3 is 2.33 bits per heavy atom. The van der Waals surface area contributed by atoms with Crippen LogP contribution in [0, 0.1) is 59.0 Å². The van der Waals surface area contributed by atoms with E-state index in [9.17, 15) is 63.1 Å². The van der Waals surface area contributed by atoms with Gasteiger partial charge in [0, 0.05) is 61.8 Å². The van der Waals surface area contributed by atoms with Gasteiger partial charge in [-0.15, -0.1) is 0 Å². The van der Waals surface area contributed by atoms with E-state index in [2.05, 4.69) is 21.4 Å². The summed E-state index contributed by atoms with van der Waals surface area (Å²) in [5.74, 6) is -11.2. The van der Waals surface area contributed by atoms with Gasteiger partial charge in [0.15, 0.2) is 17.4 Å². The van der Waals surface area contributed by atoms with Crippen molar-refractivity contribution in [3.05, 3.63) is 77.4 Å². The number of hydrazine groups is 1. The number of carbonyl (C=O) groups is 6. The van der Waals surface area contributed by atoms with Gasteiger partial charge in [-0.05, 0) is 93.9 Å². The first-order valence-electron chi connectivity index (χ1n) is 28.6. The van der Waals surface area contributed by atoms with Crippen LogP contribution in [0.2, 0.25) is 0 Å². The van der Waals surface area contributed by atoms with Gasteiger partial charge >= 0.3 is 5.97 Å². The number of phenols is 1. The van der Waals surface area contributed by atoms with Crippen LogP contribution in [0.25, 0.3) is 0 Å². The van der Waals surface area contributed by atoms with Crippen LogP contribution in [0.3, 0.4) is 0 Å². The molecule has 1 aromatic carbocycles. The number of cyclic esters (lactones) is 1. The average Bonchev–Trinajstić information content (AvgIpc) is 3.56. The lowest BCUT2D eigenvalue weighted by molar-refractivity contribution is -0.267. The number of aliphatic hydroxyl groups excluding tert-OH is 4. The van der Waals surface area contributed by atoms with Crippen LogP contribution >= 0.6 is 0 Å². The zero-order valence-electron chi connectivity index (χ0n) is 48.2. The molecule has 1 spiro atoms. The molecule has 2 bridgehead atoms. The fourth-order valence-electron chi connectivity index (χ4n) is 11.4. The third-order valence-electron chi connectivity index (χ3n) is 17.0. The topological polar surface area (TPSA) is 273 Å². The van der Waals surface area contributed by atoms with Gasteiger partial charge in [-0.2, -0.15) is 4.39 Å². The van der Waals surface area contributed by atoms with Crippen LogP contribution in [-0.4, -0.2) is 133 Å². The number of hydrogen-bond donors (Lipinski definition) is 9. The lowest BCUT2D eigenvalue weighted by Gasteiger charge is -2.56. The number of allylic oxidation sites excluding steroid dienone is 5. The van der Waals surface area contributed by atoms with E-state index in [1.54, 1.807) is 45.1 Å². The van der Waals surface area contributed by atoms with Crippen molar-refractivity contribution in [2.75, 3.05) is 6.54 Å². The first-order valence-corrected chi connectivity index (χ1v) is 28.6. The molecule has 1 aromatic rings. The number of nitrogens with zero attached hydrogens (tertiary/aromatic N) is 1. The minimum atomic E-state index is -1.53. The molecule has 17 atom stereocenters. The monoisotopic (exact) mass is 1130 g/mol. The zero-order valence-corrected chi connectivity index (χ0v) is 48.2. The molecule has 4 amide bonds. The summed E-state index contributed by atoms with van der Waals surface area (Å²) in [5, 5.41) is 65.4. The Labute approximate surface area is 470 Å². The molecule has 4 aliphatic rings. The molecule has 446 valence electrons. The Kier molecular flexibility index (Phi) is 24.2. The maximum absolute atomic E-state index is 14.6. The minimum absolute atomic E-state index is 0.0434. The first-order chi connectivity index (χ1) is 37.7. The molecule has 20 heteroatoms. The number of ether oxygens (including phenoxy) is 2. The number of phenolic OH excluding ortho intramolecular Hbond substituents is 1. The van der Waals surface area contributed by atoms with E-state index >= 15 is 0 Å². The maximum atomic E-state index is 14.6. The molecule has 17 unspecified atom stereocenters. The highest BCUT2D eigenvalue weighted by atomic mass is 19.2. The number of esters is 1. The predicted octanol–water partition coefficient (Wildman–Crippen LogP) is 5.69. The second kappa shape index (κ2) is 29.6. The zero-order chi connectivity index (χ0) is 59.3. The van der Waals surface area contributed by atoms with Crippen LogP contribution in [0.4, 0.5) is 8.78 Å². The lowest BCUT2D eigenvalue weighted by atomic mass is 9.69. The van der Waals surface area contributed by atoms with Crippen LogP contribution in [0.15, 0.2) is 60.2 Å². The molecule has 4 aliphatic heterocycles. The number of aliphatic hydroxyl groups is 4. The van der Waals surface area contributed by atoms with Crippen LogP contribution in [0.5, 0.6) is 5.75 Å². The number of aromatic hydroxyl groups is 1. The van der Waals surface area contributed by atoms with Gasteiger partial charge in [0.05, 0.1) is 36.4 Å². The van der Waals surface area contributed by atoms with E-state index in [1.165, 1.54) is 19.9 Å². The third kappa shape index (κ3) is 16.6. The fraction of sp³-hybridized carbons (Fsp3) is 0.667. The summed E-state index contributed by atoms with van der Waals surface area (Å²) in [6.07, 6.45) is 9.15. The van der Waals surface area contributed by atoms with Crippen LogP contribution in [-0.2, 0) is 44.7 Å². The van der Waals surface area contributed by atoms with Gasteiger partial charge in [-0.25, -0.2) is 9.82 Å². The standard InChI is InChI=1S/C60H89F2N5O13/c1-11-41-27-35(6)60(65-55(41)74)39(10)53(72)38(9)50(80-60)31-47(70)33(4)19-14-12-15-20-34(5)49-23-17-13-16-22-46(69)37(8)54(73)42(25-24-36(7)68)56(75)64-52(32(2)3)57(76)63-45(29-40-28-43(61)51(62)48(71)30-40)58(77)67-26-18-21-44(66-67)59(78)79-49/h12-13,15-17,20,22,28,30,32-33,35,37-39,41-42,44-47,49-50,52-54,66,69-73H,11,14,18-19,21,23-27,29,31H2,1-10H3,(H,63,76)(H,64,75)(H,65,74). The molecule has 0 radical (unpaired) electrons. The second-order valence-corrected chi connectivity index (χ2v) is 23.4. The predicted molar refractivity (Wildman–Crippen MR) is 295 cm³/mol. The number of hydrogen-bond acceptors (Lipinski definition) is 14. The average molecular weight is 1130 g/mol. The minimum Gasteiger partial charge on any atom is -0.505 e. The molecule has 0 saturated carbocycles. The molecule has 9 N–H and O–H groups in total. The van der Waals surface area contributed by atoms with Crippen molar-refractivity contribution < 1.29 is 72.6 Å². The molecular weight excluding hydrogens is 1040 g/mol. The molecule has 3 saturated heterocycles. The summed E-state index contributed by atoms with van der Waals surface area (Å²) >= 11 is 0. The normalized spacial score (nSPS) is 33.6. The van der Waals surface area contributed by atoms with Crippen LogP contribution in [0.1, 0.15) is 139 Å². The van der Waals surface area contributed by atoms with Gasteiger partial charge in [0.25, 0.3) is 5.91 Å². The molecule has 0 aliphatic carbocycles. The highest BCUT2D eigenvalue weighted by Crippen LogP contribution is 2.46. The smallest absolute Gasteiger partial charge is 0.325 e. The molecular formula is C60H89F2N5O13. The van der Waals surface area contributed by atoms with Crippen molar-refractivity contribution in [2.24, 2.45) is 47.3 Å². The summed E-state index contributed by atoms with van der Waals surface area (Å²) < 4.78 is 41.7. The quantitative estimate of drug-likeness (QED) is 0.0755. The second-order valence-electron chi connectivity index (χ2n) is 23.4.